The van der Waals surface area contributed by atoms with Crippen molar-refractivity contribution in [1.29, 1.82) is 0 Å². The minimum Gasteiger partial charge on any atom is -0.386 e. The highest BCUT2D eigenvalue weighted by molar-refractivity contribution is 7.10. The molecule has 0 saturated heterocycles. The number of rotatable bonds is 5. The Morgan fingerprint density at radius 2 is 2.00 bits per heavy atom. The third-order valence-electron chi connectivity index (χ3n) is 2.93. The lowest BCUT2D eigenvalue weighted by Crippen LogP contribution is -2.32. The first-order chi connectivity index (χ1) is 9.16. The summed E-state index contributed by atoms with van der Waals surface area (Å²) in [5, 5.41) is 12.0. The van der Waals surface area contributed by atoms with Gasteiger partial charge in [-0.1, -0.05) is 36.4 Å². The molecule has 2 aromatic rings. The van der Waals surface area contributed by atoms with Gasteiger partial charge in [-0.2, -0.15) is 0 Å². The van der Waals surface area contributed by atoms with Crippen LogP contribution in [0.1, 0.15) is 23.5 Å². The smallest absolute Gasteiger partial charge is 0.219 e. The fraction of sp³-hybridized carbons (Fsp3) is 0.267. The Kier molecular flexibility index (Phi) is 4.71. The van der Waals surface area contributed by atoms with Crippen molar-refractivity contribution in [2.24, 2.45) is 0 Å². The molecule has 0 spiro atoms. The number of amides is 1. The molecule has 0 aliphatic rings. The highest BCUT2D eigenvalue weighted by atomic mass is 32.1. The molecule has 3 nitrogen and oxygen atoms in total. The lowest BCUT2D eigenvalue weighted by molar-refractivity contribution is -0.130. The van der Waals surface area contributed by atoms with Gasteiger partial charge in [0.15, 0.2) is 0 Å². The van der Waals surface area contributed by atoms with Crippen LogP contribution in [0, 0.1) is 0 Å². The summed E-state index contributed by atoms with van der Waals surface area (Å²) in [6.45, 7) is 2.38. The van der Waals surface area contributed by atoms with Crippen LogP contribution < -0.4 is 0 Å². The Bertz CT molecular complexity index is 510. The van der Waals surface area contributed by atoms with Crippen molar-refractivity contribution >= 4 is 17.2 Å². The van der Waals surface area contributed by atoms with Crippen molar-refractivity contribution in [3.05, 3.63) is 58.3 Å². The van der Waals surface area contributed by atoms with Crippen LogP contribution in [-0.2, 0) is 11.3 Å². The maximum absolute atomic E-state index is 11.7. The molecular formula is C15H17NO2S. The van der Waals surface area contributed by atoms with Crippen molar-refractivity contribution in [2.45, 2.75) is 19.6 Å². The van der Waals surface area contributed by atoms with Gasteiger partial charge in [0.2, 0.25) is 5.91 Å². The number of nitrogens with zero attached hydrogens (tertiary/aromatic N) is 1. The second kappa shape index (κ2) is 6.50. The van der Waals surface area contributed by atoms with Crippen LogP contribution in [0.15, 0.2) is 47.8 Å². The molecular weight excluding hydrogens is 258 g/mol. The standard InChI is InChI=1S/C15H17NO2S/c1-12(17)16(10-13-6-3-2-4-7-13)11-14(18)15-8-5-9-19-15/h2-9,14,18H,10-11H2,1H3. The molecule has 1 amide bonds. The van der Waals surface area contributed by atoms with E-state index in [2.05, 4.69) is 0 Å². The first-order valence-corrected chi connectivity index (χ1v) is 7.05. The fourth-order valence-electron chi connectivity index (χ4n) is 1.89. The molecule has 0 fully saturated rings. The molecule has 1 aromatic carbocycles. The van der Waals surface area contributed by atoms with E-state index in [1.54, 1.807) is 4.90 Å². The molecule has 1 unspecified atom stereocenters. The topological polar surface area (TPSA) is 40.5 Å². The van der Waals surface area contributed by atoms with E-state index in [0.717, 1.165) is 10.4 Å². The molecule has 1 atom stereocenters. The lowest BCUT2D eigenvalue weighted by Gasteiger charge is -2.23. The van der Waals surface area contributed by atoms with Crippen LogP contribution >= 0.6 is 11.3 Å². The Labute approximate surface area is 117 Å². The van der Waals surface area contributed by atoms with Crippen molar-refractivity contribution < 1.29 is 9.90 Å². The van der Waals surface area contributed by atoms with Crippen LogP contribution in [0.4, 0.5) is 0 Å². The largest absolute Gasteiger partial charge is 0.386 e. The van der Waals surface area contributed by atoms with Gasteiger partial charge in [0.05, 0.1) is 6.54 Å². The summed E-state index contributed by atoms with van der Waals surface area (Å²) in [5.41, 5.74) is 1.07. The van der Waals surface area contributed by atoms with Crippen LogP contribution in [0.5, 0.6) is 0 Å². The van der Waals surface area contributed by atoms with E-state index >= 15 is 0 Å². The zero-order valence-corrected chi connectivity index (χ0v) is 11.6. The molecule has 0 aliphatic heterocycles. The van der Waals surface area contributed by atoms with Gasteiger partial charge in [0.25, 0.3) is 0 Å². The molecule has 0 bridgehead atoms. The highest BCUT2D eigenvalue weighted by Crippen LogP contribution is 2.20. The first kappa shape index (κ1) is 13.8. The van der Waals surface area contributed by atoms with Crippen molar-refractivity contribution in [1.82, 2.24) is 4.90 Å². The monoisotopic (exact) mass is 275 g/mol. The summed E-state index contributed by atoms with van der Waals surface area (Å²) in [4.78, 5) is 14.2. The van der Waals surface area contributed by atoms with Gasteiger partial charge in [-0.3, -0.25) is 4.79 Å². The highest BCUT2D eigenvalue weighted by Gasteiger charge is 2.16. The van der Waals surface area contributed by atoms with Crippen LogP contribution in [0.25, 0.3) is 0 Å². The van der Waals surface area contributed by atoms with E-state index in [9.17, 15) is 9.90 Å². The van der Waals surface area contributed by atoms with Gasteiger partial charge in [-0.25, -0.2) is 0 Å². The molecule has 0 aliphatic carbocycles. The molecule has 19 heavy (non-hydrogen) atoms. The average Bonchev–Trinajstić information content (AvgIpc) is 2.93. The maximum Gasteiger partial charge on any atom is 0.219 e. The number of carbonyl (C=O) groups is 1. The summed E-state index contributed by atoms with van der Waals surface area (Å²) in [6, 6.07) is 13.6. The first-order valence-electron chi connectivity index (χ1n) is 6.17. The van der Waals surface area contributed by atoms with Gasteiger partial charge >= 0.3 is 0 Å². The molecule has 0 radical (unpaired) electrons. The fourth-order valence-corrected chi connectivity index (χ4v) is 2.59. The Hall–Kier alpha value is -1.65. The van der Waals surface area contributed by atoms with Gasteiger partial charge in [0.1, 0.15) is 6.10 Å². The van der Waals surface area contributed by atoms with E-state index in [1.165, 1.54) is 18.3 Å². The van der Waals surface area contributed by atoms with Gasteiger partial charge in [-0.05, 0) is 17.0 Å². The Morgan fingerprint density at radius 1 is 1.26 bits per heavy atom. The van der Waals surface area contributed by atoms with E-state index in [4.69, 9.17) is 0 Å². The van der Waals surface area contributed by atoms with Crippen molar-refractivity contribution in [3.8, 4) is 0 Å². The minimum absolute atomic E-state index is 0.0283. The molecule has 1 aromatic heterocycles. The normalized spacial score (nSPS) is 12.1. The second-order valence-corrected chi connectivity index (χ2v) is 5.40. The predicted octanol–water partition coefficient (Wildman–Crippen LogP) is 2.83. The summed E-state index contributed by atoms with van der Waals surface area (Å²) >= 11 is 1.50. The number of hydrogen-bond donors (Lipinski definition) is 1. The maximum atomic E-state index is 11.7. The van der Waals surface area contributed by atoms with Crippen molar-refractivity contribution in [3.63, 3.8) is 0 Å². The van der Waals surface area contributed by atoms with Crippen LogP contribution in [0.3, 0.4) is 0 Å². The van der Waals surface area contributed by atoms with Crippen molar-refractivity contribution in [2.75, 3.05) is 6.54 Å². The summed E-state index contributed by atoms with van der Waals surface area (Å²) in [7, 11) is 0. The number of hydrogen-bond acceptors (Lipinski definition) is 3. The average molecular weight is 275 g/mol. The number of carbonyl (C=O) groups excluding carboxylic acids is 1. The van der Waals surface area contributed by atoms with Gasteiger partial charge in [-0.15, -0.1) is 11.3 Å². The zero-order chi connectivity index (χ0) is 13.7. The second-order valence-electron chi connectivity index (χ2n) is 4.42. The molecule has 2 rings (SSSR count). The SMILES string of the molecule is CC(=O)N(Cc1ccccc1)CC(O)c1cccs1. The van der Waals surface area contributed by atoms with E-state index in [1.807, 2.05) is 47.8 Å². The van der Waals surface area contributed by atoms with Crippen LogP contribution in [-0.4, -0.2) is 22.5 Å². The Balaban J connectivity index is 2.03. The quantitative estimate of drug-likeness (QED) is 0.911. The third-order valence-corrected chi connectivity index (χ3v) is 3.90. The van der Waals surface area contributed by atoms with E-state index in [0.29, 0.717) is 13.1 Å². The van der Waals surface area contributed by atoms with Gasteiger partial charge in [0, 0.05) is 18.3 Å². The summed E-state index contributed by atoms with van der Waals surface area (Å²) in [6.07, 6.45) is -0.618. The molecule has 100 valence electrons. The molecule has 4 heteroatoms. The number of benzene rings is 1. The Morgan fingerprint density at radius 3 is 2.58 bits per heavy atom. The summed E-state index contributed by atoms with van der Waals surface area (Å²) < 4.78 is 0. The number of aliphatic hydroxyl groups excluding tert-OH is 1. The molecule has 1 heterocycles. The number of thiophene rings is 1. The zero-order valence-electron chi connectivity index (χ0n) is 10.8. The molecule has 1 N–H and O–H groups in total. The lowest BCUT2D eigenvalue weighted by atomic mass is 10.2. The van der Waals surface area contributed by atoms with E-state index in [-0.39, 0.29) is 5.91 Å². The minimum atomic E-state index is -0.618. The predicted molar refractivity (Wildman–Crippen MR) is 76.8 cm³/mol. The van der Waals surface area contributed by atoms with Crippen LogP contribution in [0.2, 0.25) is 0 Å². The molecule has 0 saturated carbocycles. The summed E-state index contributed by atoms with van der Waals surface area (Å²) in [5.74, 6) is -0.0283. The van der Waals surface area contributed by atoms with E-state index < -0.39 is 6.10 Å². The van der Waals surface area contributed by atoms with Gasteiger partial charge < -0.3 is 10.0 Å². The number of aliphatic hydroxyl groups is 1. The third kappa shape index (κ3) is 3.91.